The predicted octanol–water partition coefficient (Wildman–Crippen LogP) is 4.66. The van der Waals surface area contributed by atoms with Crippen molar-refractivity contribution in [2.45, 2.75) is 20.0 Å². The number of ether oxygens (including phenoxy) is 1. The molecule has 0 aliphatic rings. The van der Waals surface area contributed by atoms with E-state index in [1.165, 1.54) is 19.4 Å². The lowest BCUT2D eigenvalue weighted by Gasteiger charge is -2.11. The molecule has 166 valence electrons. The molecule has 0 saturated carbocycles. The van der Waals surface area contributed by atoms with Gasteiger partial charge in [-0.25, -0.2) is 10.2 Å². The number of carbonyl (C=O) groups is 2. The normalized spacial score (nSPS) is 11.6. The monoisotopic (exact) mass is 443 g/mol. The zero-order chi connectivity index (χ0) is 23.5. The molecule has 3 aromatic rings. The average molecular weight is 443 g/mol. The van der Waals surface area contributed by atoms with Gasteiger partial charge in [-0.05, 0) is 56.3 Å². The smallest absolute Gasteiger partial charge is 0.416 e. The number of aryl methyl sites for hydroxylation is 1. The van der Waals surface area contributed by atoms with Gasteiger partial charge in [0.1, 0.15) is 0 Å². The molecule has 0 unspecified atom stereocenters. The number of hydrogen-bond acceptors (Lipinski definition) is 4. The fourth-order valence-electron chi connectivity index (χ4n) is 3.27. The number of hydrazone groups is 1. The van der Waals surface area contributed by atoms with Crippen LogP contribution in [0.1, 0.15) is 43.2 Å². The van der Waals surface area contributed by atoms with Crippen molar-refractivity contribution in [3.05, 3.63) is 88.2 Å². The lowest BCUT2D eigenvalue weighted by molar-refractivity contribution is -0.137. The molecular formula is C23H20F3N3O3. The summed E-state index contributed by atoms with van der Waals surface area (Å²) >= 11 is 0. The van der Waals surface area contributed by atoms with Crippen molar-refractivity contribution in [2.75, 3.05) is 7.11 Å². The lowest BCUT2D eigenvalue weighted by atomic mass is 10.1. The molecule has 1 aromatic heterocycles. The van der Waals surface area contributed by atoms with E-state index in [2.05, 4.69) is 10.5 Å². The number of carbonyl (C=O) groups excluding carboxylic acids is 2. The van der Waals surface area contributed by atoms with Crippen LogP contribution in [0, 0.1) is 13.8 Å². The molecule has 3 rings (SSSR count). The van der Waals surface area contributed by atoms with Crippen LogP contribution in [0.15, 0.2) is 59.7 Å². The van der Waals surface area contributed by atoms with E-state index < -0.39 is 23.6 Å². The van der Waals surface area contributed by atoms with Crippen LogP contribution in [0.25, 0.3) is 5.69 Å². The minimum atomic E-state index is -4.54. The second-order valence-corrected chi connectivity index (χ2v) is 6.98. The summed E-state index contributed by atoms with van der Waals surface area (Å²) in [7, 11) is 1.31. The molecule has 9 heteroatoms. The molecule has 1 heterocycles. The Bertz CT molecular complexity index is 1200. The van der Waals surface area contributed by atoms with Gasteiger partial charge >= 0.3 is 12.1 Å². The van der Waals surface area contributed by atoms with Crippen molar-refractivity contribution in [3.63, 3.8) is 0 Å². The van der Waals surface area contributed by atoms with E-state index in [9.17, 15) is 22.8 Å². The Labute approximate surface area is 182 Å². The summed E-state index contributed by atoms with van der Waals surface area (Å²) in [4.78, 5) is 24.0. The molecule has 0 bridgehead atoms. The first-order valence-corrected chi connectivity index (χ1v) is 9.50. The van der Waals surface area contributed by atoms with Crippen molar-refractivity contribution in [1.29, 1.82) is 0 Å². The van der Waals surface area contributed by atoms with E-state index in [0.717, 1.165) is 35.3 Å². The van der Waals surface area contributed by atoms with Crippen LogP contribution in [0.3, 0.4) is 0 Å². The van der Waals surface area contributed by atoms with Crippen LogP contribution in [0.5, 0.6) is 0 Å². The molecule has 0 atom stereocenters. The van der Waals surface area contributed by atoms with Crippen LogP contribution in [0.2, 0.25) is 0 Å². The van der Waals surface area contributed by atoms with Crippen LogP contribution in [-0.4, -0.2) is 29.8 Å². The summed E-state index contributed by atoms with van der Waals surface area (Å²) in [6.45, 7) is 3.71. The molecule has 1 N–H and O–H groups in total. The van der Waals surface area contributed by atoms with Gasteiger partial charge in [-0.1, -0.05) is 12.1 Å². The molecule has 0 aliphatic heterocycles. The maximum Gasteiger partial charge on any atom is 0.416 e. The van der Waals surface area contributed by atoms with E-state index in [-0.39, 0.29) is 5.56 Å². The molecule has 32 heavy (non-hydrogen) atoms. The molecule has 0 fully saturated rings. The molecule has 0 aliphatic carbocycles. The highest BCUT2D eigenvalue weighted by atomic mass is 19.4. The van der Waals surface area contributed by atoms with E-state index in [1.54, 1.807) is 18.2 Å². The Balaban J connectivity index is 1.80. The number of amides is 1. The van der Waals surface area contributed by atoms with Gasteiger partial charge in [0.25, 0.3) is 5.91 Å². The van der Waals surface area contributed by atoms with Crippen molar-refractivity contribution in [2.24, 2.45) is 5.10 Å². The highest BCUT2D eigenvalue weighted by molar-refractivity contribution is 5.95. The summed E-state index contributed by atoms with van der Waals surface area (Å²) in [5.74, 6) is -1.21. The Morgan fingerprint density at radius 3 is 2.41 bits per heavy atom. The van der Waals surface area contributed by atoms with E-state index in [4.69, 9.17) is 4.74 Å². The zero-order valence-corrected chi connectivity index (χ0v) is 17.5. The highest BCUT2D eigenvalue weighted by Crippen LogP contribution is 2.29. The molecule has 6 nitrogen and oxygen atoms in total. The fraction of sp³-hybridized carbons (Fsp3) is 0.174. The van der Waals surface area contributed by atoms with Gasteiger partial charge < -0.3 is 9.30 Å². The van der Waals surface area contributed by atoms with Gasteiger partial charge in [-0.3, -0.25) is 4.79 Å². The Kier molecular flexibility index (Phi) is 6.47. The van der Waals surface area contributed by atoms with Crippen LogP contribution in [0.4, 0.5) is 13.2 Å². The second-order valence-electron chi connectivity index (χ2n) is 6.98. The predicted molar refractivity (Wildman–Crippen MR) is 113 cm³/mol. The fourth-order valence-corrected chi connectivity index (χ4v) is 3.27. The standard InChI is InChI=1S/C23H20F3N3O3/c1-14-10-18(15(2)29(14)20-9-5-7-17(12-20)22(31)32-3)13-27-28-21(30)16-6-4-8-19(11-16)23(24,25)26/h4-13H,1-3H3,(H,28,30)/b27-13-. The Hall–Kier alpha value is -3.88. The second kappa shape index (κ2) is 9.09. The summed E-state index contributed by atoms with van der Waals surface area (Å²) in [6.07, 6.45) is -3.13. The third-order valence-electron chi connectivity index (χ3n) is 4.82. The van der Waals surface area contributed by atoms with Crippen molar-refractivity contribution in [3.8, 4) is 5.69 Å². The third-order valence-corrected chi connectivity index (χ3v) is 4.82. The molecular weight excluding hydrogens is 423 g/mol. The first-order valence-electron chi connectivity index (χ1n) is 9.50. The number of alkyl halides is 3. The van der Waals surface area contributed by atoms with Crippen LogP contribution < -0.4 is 5.43 Å². The van der Waals surface area contributed by atoms with Crippen molar-refractivity contribution >= 4 is 18.1 Å². The zero-order valence-electron chi connectivity index (χ0n) is 17.5. The SMILES string of the molecule is COC(=O)c1cccc(-n2c(C)cc(/C=N\NC(=O)c3cccc(C(F)(F)F)c3)c2C)c1. The van der Waals surface area contributed by atoms with E-state index in [1.807, 2.05) is 30.5 Å². The molecule has 2 aromatic carbocycles. The summed E-state index contributed by atoms with van der Waals surface area (Å²) in [5.41, 5.74) is 4.67. The number of benzene rings is 2. The molecule has 1 amide bonds. The number of aromatic nitrogens is 1. The summed E-state index contributed by atoms with van der Waals surface area (Å²) in [6, 6.07) is 12.9. The average Bonchev–Trinajstić information content (AvgIpc) is 3.05. The molecule has 0 radical (unpaired) electrons. The Morgan fingerprint density at radius 2 is 1.72 bits per heavy atom. The first kappa shape index (κ1) is 22.8. The Morgan fingerprint density at radius 1 is 1.03 bits per heavy atom. The topological polar surface area (TPSA) is 72.7 Å². The van der Waals surface area contributed by atoms with Gasteiger partial charge in [0, 0.05) is 28.2 Å². The molecule has 0 saturated heterocycles. The number of rotatable bonds is 5. The van der Waals surface area contributed by atoms with Gasteiger partial charge in [0.05, 0.1) is 24.5 Å². The first-order chi connectivity index (χ1) is 15.1. The van der Waals surface area contributed by atoms with E-state index in [0.29, 0.717) is 11.1 Å². The minimum absolute atomic E-state index is 0.151. The van der Waals surface area contributed by atoms with Gasteiger partial charge in [-0.2, -0.15) is 18.3 Å². The quantitative estimate of drug-likeness (QED) is 0.354. The minimum Gasteiger partial charge on any atom is -0.465 e. The van der Waals surface area contributed by atoms with Crippen LogP contribution >= 0.6 is 0 Å². The third kappa shape index (κ3) is 4.88. The number of nitrogens with zero attached hydrogens (tertiary/aromatic N) is 2. The summed E-state index contributed by atoms with van der Waals surface area (Å²) < 4.78 is 45.2. The number of esters is 1. The van der Waals surface area contributed by atoms with Gasteiger partial charge in [0.15, 0.2) is 0 Å². The number of hydrogen-bond donors (Lipinski definition) is 1. The lowest BCUT2D eigenvalue weighted by Crippen LogP contribution is -2.18. The van der Waals surface area contributed by atoms with Crippen molar-refractivity contribution in [1.82, 2.24) is 9.99 Å². The largest absolute Gasteiger partial charge is 0.465 e. The van der Waals surface area contributed by atoms with Gasteiger partial charge in [0.2, 0.25) is 0 Å². The van der Waals surface area contributed by atoms with Crippen molar-refractivity contribution < 1.29 is 27.5 Å². The maximum atomic E-state index is 12.8. The van der Waals surface area contributed by atoms with Crippen LogP contribution in [-0.2, 0) is 10.9 Å². The molecule has 0 spiro atoms. The number of halogens is 3. The number of methoxy groups -OCH3 is 1. The van der Waals surface area contributed by atoms with E-state index >= 15 is 0 Å². The van der Waals surface area contributed by atoms with Gasteiger partial charge in [-0.15, -0.1) is 0 Å². The summed E-state index contributed by atoms with van der Waals surface area (Å²) in [5, 5.41) is 3.88. The number of nitrogens with one attached hydrogen (secondary N) is 1. The highest BCUT2D eigenvalue weighted by Gasteiger charge is 2.30. The maximum absolute atomic E-state index is 12.8.